The van der Waals surface area contributed by atoms with Gasteiger partial charge in [0, 0.05) is 19.5 Å². The smallest absolute Gasteiger partial charge is 0.233 e. The molecule has 1 amide bonds. The first-order valence-corrected chi connectivity index (χ1v) is 11.0. The Morgan fingerprint density at radius 2 is 2.00 bits per heavy atom. The Morgan fingerprint density at radius 3 is 2.70 bits per heavy atom. The second-order valence-corrected chi connectivity index (χ2v) is 8.45. The highest BCUT2D eigenvalue weighted by atomic mass is 32.2. The molecule has 1 aromatic heterocycles. The van der Waals surface area contributed by atoms with Gasteiger partial charge in [-0.3, -0.25) is 9.89 Å². The zero-order valence-electron chi connectivity index (χ0n) is 16.4. The minimum atomic E-state index is 0.143. The summed E-state index contributed by atoms with van der Waals surface area (Å²) in [5, 5.41) is 8.02. The third-order valence-electron chi connectivity index (χ3n) is 5.13. The normalized spacial score (nSPS) is 14.6. The van der Waals surface area contributed by atoms with Crippen LogP contribution in [0.25, 0.3) is 0 Å². The highest BCUT2D eigenvalue weighted by Gasteiger charge is 2.18. The number of thioether (sulfide) groups is 1. The third kappa shape index (κ3) is 6.09. The number of rotatable bonds is 9. The summed E-state index contributed by atoms with van der Waals surface area (Å²) in [4.78, 5) is 19.2. The molecule has 0 spiro atoms. The summed E-state index contributed by atoms with van der Waals surface area (Å²) in [5.41, 5.74) is 2.41. The molecule has 1 heterocycles. The second kappa shape index (κ2) is 9.93. The largest absolute Gasteiger partial charge is 0.338 e. The lowest BCUT2D eigenvalue weighted by Crippen LogP contribution is -2.32. The molecule has 27 heavy (non-hydrogen) atoms. The number of carbonyl (C=O) groups is 1. The predicted molar refractivity (Wildman–Crippen MR) is 110 cm³/mol. The summed E-state index contributed by atoms with van der Waals surface area (Å²) in [6, 6.07) is 8.39. The van der Waals surface area contributed by atoms with Gasteiger partial charge in [-0.25, -0.2) is 4.98 Å². The van der Waals surface area contributed by atoms with E-state index in [4.69, 9.17) is 0 Å². The maximum absolute atomic E-state index is 12.7. The fraction of sp³-hybridized carbons (Fsp3) is 0.571. The minimum absolute atomic E-state index is 0.143. The van der Waals surface area contributed by atoms with Gasteiger partial charge in [0.2, 0.25) is 11.1 Å². The lowest BCUT2D eigenvalue weighted by Gasteiger charge is -2.22. The summed E-state index contributed by atoms with van der Waals surface area (Å²) >= 11 is 1.43. The van der Waals surface area contributed by atoms with E-state index in [-0.39, 0.29) is 5.91 Å². The van der Waals surface area contributed by atoms with Gasteiger partial charge < -0.3 is 4.90 Å². The van der Waals surface area contributed by atoms with Crippen LogP contribution < -0.4 is 0 Å². The molecule has 1 fully saturated rings. The molecular weight excluding hydrogens is 356 g/mol. The quantitative estimate of drug-likeness (QED) is 0.650. The van der Waals surface area contributed by atoms with Gasteiger partial charge in [0.15, 0.2) is 0 Å². The van der Waals surface area contributed by atoms with Gasteiger partial charge in [-0.2, -0.15) is 0 Å². The fourth-order valence-electron chi connectivity index (χ4n) is 3.61. The molecule has 0 radical (unpaired) electrons. The zero-order chi connectivity index (χ0) is 19.1. The minimum Gasteiger partial charge on any atom is -0.338 e. The van der Waals surface area contributed by atoms with Crippen molar-refractivity contribution in [2.24, 2.45) is 5.92 Å². The topological polar surface area (TPSA) is 61.9 Å². The number of nitrogens with zero attached hydrogens (tertiary/aromatic N) is 3. The first kappa shape index (κ1) is 19.9. The van der Waals surface area contributed by atoms with Gasteiger partial charge in [-0.1, -0.05) is 74.2 Å². The molecule has 0 aliphatic heterocycles. The second-order valence-electron chi connectivity index (χ2n) is 7.51. The Hall–Kier alpha value is -1.82. The van der Waals surface area contributed by atoms with Crippen molar-refractivity contribution in [3.05, 3.63) is 41.2 Å². The Labute approximate surface area is 166 Å². The number of aromatic amines is 1. The molecule has 0 saturated heterocycles. The van der Waals surface area contributed by atoms with Crippen molar-refractivity contribution in [3.8, 4) is 0 Å². The highest BCUT2D eigenvalue weighted by molar-refractivity contribution is 7.99. The standard InChI is InChI=1S/C21H30N4OS/c1-3-12-25(14-18-10-8-16(2)9-11-18)20(26)15-27-21-22-19(23-24-21)13-17-6-4-5-7-17/h8-11,17H,3-7,12-15H2,1-2H3,(H,22,23,24). The van der Waals surface area contributed by atoms with Crippen LogP contribution in [0.4, 0.5) is 0 Å². The van der Waals surface area contributed by atoms with Crippen LogP contribution in [0.15, 0.2) is 29.4 Å². The van der Waals surface area contributed by atoms with E-state index in [1.54, 1.807) is 0 Å². The summed E-state index contributed by atoms with van der Waals surface area (Å²) in [6.07, 6.45) is 7.21. The molecule has 5 nitrogen and oxygen atoms in total. The predicted octanol–water partition coefficient (Wildman–Crippen LogP) is 4.38. The molecule has 146 valence electrons. The molecule has 0 unspecified atom stereocenters. The van der Waals surface area contributed by atoms with Crippen LogP contribution in [-0.4, -0.2) is 38.3 Å². The van der Waals surface area contributed by atoms with E-state index < -0.39 is 0 Å². The van der Waals surface area contributed by atoms with Crippen molar-refractivity contribution < 1.29 is 4.79 Å². The monoisotopic (exact) mass is 386 g/mol. The molecule has 1 saturated carbocycles. The van der Waals surface area contributed by atoms with Crippen molar-refractivity contribution in [3.63, 3.8) is 0 Å². The van der Waals surface area contributed by atoms with Gasteiger partial charge in [-0.15, -0.1) is 5.10 Å². The number of carbonyl (C=O) groups excluding carboxylic acids is 1. The Bertz CT molecular complexity index is 722. The molecule has 3 rings (SSSR count). The van der Waals surface area contributed by atoms with Crippen LogP contribution in [-0.2, 0) is 17.8 Å². The SMILES string of the molecule is CCCN(Cc1ccc(C)cc1)C(=O)CSc1n[nH]c(CC2CCCC2)n1. The van der Waals surface area contributed by atoms with E-state index >= 15 is 0 Å². The summed E-state index contributed by atoms with van der Waals surface area (Å²) in [5.74, 6) is 2.23. The Morgan fingerprint density at radius 1 is 1.26 bits per heavy atom. The van der Waals surface area contributed by atoms with Crippen molar-refractivity contribution in [2.75, 3.05) is 12.3 Å². The lowest BCUT2D eigenvalue weighted by molar-refractivity contribution is -0.129. The molecule has 1 aliphatic rings. The number of aryl methyl sites for hydroxylation is 1. The fourth-order valence-corrected chi connectivity index (χ4v) is 4.33. The van der Waals surface area contributed by atoms with Gasteiger partial charge in [0.05, 0.1) is 5.75 Å². The number of H-pyrrole nitrogens is 1. The summed E-state index contributed by atoms with van der Waals surface area (Å²) in [6.45, 7) is 5.61. The third-order valence-corrected chi connectivity index (χ3v) is 5.97. The number of hydrogen-bond acceptors (Lipinski definition) is 4. The first-order chi connectivity index (χ1) is 13.1. The summed E-state index contributed by atoms with van der Waals surface area (Å²) < 4.78 is 0. The van der Waals surface area contributed by atoms with Crippen LogP contribution in [0.3, 0.4) is 0 Å². The van der Waals surface area contributed by atoms with Gasteiger partial charge >= 0.3 is 0 Å². The molecule has 0 atom stereocenters. The summed E-state index contributed by atoms with van der Waals surface area (Å²) in [7, 11) is 0. The molecule has 1 aliphatic carbocycles. The Balaban J connectivity index is 1.51. The van der Waals surface area contributed by atoms with Crippen LogP contribution in [0, 0.1) is 12.8 Å². The molecular formula is C21H30N4OS. The number of nitrogens with one attached hydrogen (secondary N) is 1. The Kier molecular flexibility index (Phi) is 7.33. The number of hydrogen-bond donors (Lipinski definition) is 1. The maximum Gasteiger partial charge on any atom is 0.233 e. The number of amides is 1. The first-order valence-electron chi connectivity index (χ1n) is 10.0. The van der Waals surface area contributed by atoms with Crippen molar-refractivity contribution in [1.29, 1.82) is 0 Å². The maximum atomic E-state index is 12.7. The van der Waals surface area contributed by atoms with E-state index in [2.05, 4.69) is 53.3 Å². The average molecular weight is 387 g/mol. The molecule has 6 heteroatoms. The van der Waals surface area contributed by atoms with Crippen LogP contribution >= 0.6 is 11.8 Å². The lowest BCUT2D eigenvalue weighted by atomic mass is 10.0. The molecule has 1 N–H and O–H groups in total. The van der Waals surface area contributed by atoms with Crippen molar-refractivity contribution in [2.45, 2.75) is 64.1 Å². The number of aromatic nitrogens is 3. The van der Waals surface area contributed by atoms with E-state index in [9.17, 15) is 4.79 Å². The highest BCUT2D eigenvalue weighted by Crippen LogP contribution is 2.27. The van der Waals surface area contributed by atoms with Crippen LogP contribution in [0.5, 0.6) is 0 Å². The van der Waals surface area contributed by atoms with Crippen molar-refractivity contribution in [1.82, 2.24) is 20.1 Å². The van der Waals surface area contributed by atoms with Crippen LogP contribution in [0.1, 0.15) is 56.0 Å². The van der Waals surface area contributed by atoms with E-state index in [1.165, 1.54) is 48.6 Å². The van der Waals surface area contributed by atoms with Gasteiger partial charge in [-0.05, 0) is 24.8 Å². The van der Waals surface area contributed by atoms with E-state index in [0.29, 0.717) is 17.5 Å². The van der Waals surface area contributed by atoms with Crippen LogP contribution in [0.2, 0.25) is 0 Å². The molecule has 0 bridgehead atoms. The molecule has 2 aromatic rings. The van der Waals surface area contributed by atoms with Crippen molar-refractivity contribution >= 4 is 17.7 Å². The zero-order valence-corrected chi connectivity index (χ0v) is 17.2. The van der Waals surface area contributed by atoms with E-state index in [0.717, 1.165) is 31.1 Å². The number of benzene rings is 1. The van der Waals surface area contributed by atoms with Gasteiger partial charge in [0.1, 0.15) is 5.82 Å². The average Bonchev–Trinajstić information content (AvgIpc) is 3.33. The van der Waals surface area contributed by atoms with Gasteiger partial charge in [0.25, 0.3) is 0 Å². The van der Waals surface area contributed by atoms with E-state index in [1.807, 2.05) is 4.90 Å². The molecule has 1 aromatic carbocycles.